The Balaban J connectivity index is 1.47. The van der Waals surface area contributed by atoms with E-state index in [0.29, 0.717) is 47.4 Å². The maximum absolute atomic E-state index is 13.6. The SMILES string of the molecule is O=C(C1=C(O)C(=O)N(CCCN2CCOCC2)C1c1ccc(Cl)c(Cl)c1)c1cc2ccccc2o1. The minimum absolute atomic E-state index is 0.0289. The lowest BCUT2D eigenvalue weighted by Crippen LogP contribution is -2.39. The molecule has 182 valence electrons. The second-order valence-electron chi connectivity index (χ2n) is 8.62. The number of benzene rings is 2. The molecule has 0 radical (unpaired) electrons. The van der Waals surface area contributed by atoms with Gasteiger partial charge in [0.25, 0.3) is 5.91 Å². The molecule has 1 aromatic heterocycles. The Morgan fingerprint density at radius 1 is 1.03 bits per heavy atom. The van der Waals surface area contributed by atoms with Crippen LogP contribution in [-0.4, -0.2) is 66.0 Å². The number of fused-ring (bicyclic) bond motifs is 1. The number of nitrogens with zero attached hydrogens (tertiary/aromatic N) is 2. The molecule has 2 aromatic carbocycles. The summed E-state index contributed by atoms with van der Waals surface area (Å²) in [4.78, 5) is 30.6. The Kier molecular flexibility index (Phi) is 6.84. The van der Waals surface area contributed by atoms with Crippen molar-refractivity contribution in [2.75, 3.05) is 39.4 Å². The third-order valence-electron chi connectivity index (χ3n) is 6.43. The molecular formula is C26H24Cl2N2O5. The van der Waals surface area contributed by atoms with Crippen molar-refractivity contribution in [1.82, 2.24) is 9.80 Å². The number of para-hydroxylation sites is 1. The van der Waals surface area contributed by atoms with Crippen LogP contribution in [0.15, 0.2) is 64.3 Å². The molecule has 1 amide bonds. The van der Waals surface area contributed by atoms with Crippen molar-refractivity contribution in [2.24, 2.45) is 0 Å². The van der Waals surface area contributed by atoms with E-state index < -0.39 is 23.5 Å². The fourth-order valence-corrected chi connectivity index (χ4v) is 4.97. The highest BCUT2D eigenvalue weighted by Crippen LogP contribution is 2.41. The summed E-state index contributed by atoms with van der Waals surface area (Å²) in [6.07, 6.45) is 0.670. The Bertz CT molecular complexity index is 1280. The summed E-state index contributed by atoms with van der Waals surface area (Å²) >= 11 is 12.4. The van der Waals surface area contributed by atoms with E-state index >= 15 is 0 Å². The molecular weight excluding hydrogens is 491 g/mol. The molecule has 1 fully saturated rings. The van der Waals surface area contributed by atoms with Crippen LogP contribution in [0.4, 0.5) is 0 Å². The smallest absolute Gasteiger partial charge is 0.290 e. The molecule has 2 aliphatic heterocycles. The van der Waals surface area contributed by atoms with Crippen molar-refractivity contribution in [1.29, 1.82) is 0 Å². The standard InChI is InChI=1S/C26H24Cl2N2O5/c27-18-7-6-17(14-19(18)28)23-22(24(31)21-15-16-4-1-2-5-20(16)35-21)25(32)26(33)30(23)9-3-8-29-10-12-34-13-11-29/h1-2,4-7,14-15,23,32H,3,8-13H2. The van der Waals surface area contributed by atoms with Crippen molar-refractivity contribution in [2.45, 2.75) is 12.5 Å². The van der Waals surface area contributed by atoms with E-state index in [0.717, 1.165) is 25.0 Å². The first kappa shape index (κ1) is 23.9. The highest BCUT2D eigenvalue weighted by Gasteiger charge is 2.44. The highest BCUT2D eigenvalue weighted by atomic mass is 35.5. The largest absolute Gasteiger partial charge is 0.503 e. The molecule has 0 spiro atoms. The van der Waals surface area contributed by atoms with Crippen molar-refractivity contribution >= 4 is 45.9 Å². The molecule has 2 aliphatic rings. The van der Waals surface area contributed by atoms with Gasteiger partial charge in [0.1, 0.15) is 5.58 Å². The van der Waals surface area contributed by atoms with E-state index in [9.17, 15) is 14.7 Å². The van der Waals surface area contributed by atoms with Gasteiger partial charge >= 0.3 is 0 Å². The number of aliphatic hydroxyl groups excluding tert-OH is 1. The molecule has 5 rings (SSSR count). The quantitative estimate of drug-likeness (QED) is 0.444. The van der Waals surface area contributed by atoms with E-state index in [2.05, 4.69) is 4.90 Å². The van der Waals surface area contributed by atoms with Gasteiger partial charge in [-0.15, -0.1) is 0 Å². The Labute approximate surface area is 212 Å². The number of rotatable bonds is 7. The zero-order valence-corrected chi connectivity index (χ0v) is 20.4. The number of halogens is 2. The number of Topliss-reactive ketones (excluding diaryl/α,β-unsaturated/α-hetero) is 1. The molecule has 9 heteroatoms. The first-order valence-corrected chi connectivity index (χ1v) is 12.2. The van der Waals surface area contributed by atoms with E-state index in [1.165, 1.54) is 4.90 Å². The zero-order valence-electron chi connectivity index (χ0n) is 18.9. The Morgan fingerprint density at radius 3 is 2.54 bits per heavy atom. The molecule has 1 unspecified atom stereocenters. The number of carbonyl (C=O) groups is 2. The number of hydrogen-bond acceptors (Lipinski definition) is 6. The van der Waals surface area contributed by atoms with Crippen LogP contribution >= 0.6 is 23.2 Å². The number of carbonyl (C=O) groups excluding carboxylic acids is 2. The minimum Gasteiger partial charge on any atom is -0.503 e. The first-order chi connectivity index (χ1) is 16.9. The second-order valence-corrected chi connectivity index (χ2v) is 9.44. The van der Waals surface area contributed by atoms with Gasteiger partial charge in [0.05, 0.1) is 34.9 Å². The average Bonchev–Trinajstić information content (AvgIpc) is 3.41. The van der Waals surface area contributed by atoms with Gasteiger partial charge in [-0.25, -0.2) is 0 Å². The van der Waals surface area contributed by atoms with Gasteiger partial charge in [0, 0.05) is 31.6 Å². The zero-order chi connectivity index (χ0) is 24.5. The van der Waals surface area contributed by atoms with Gasteiger partial charge < -0.3 is 19.2 Å². The summed E-state index contributed by atoms with van der Waals surface area (Å²) < 4.78 is 11.2. The molecule has 0 saturated carbocycles. The number of aliphatic hydroxyl groups is 1. The molecule has 3 aromatic rings. The molecule has 1 N–H and O–H groups in total. The fourth-order valence-electron chi connectivity index (χ4n) is 4.66. The number of ketones is 1. The number of furan rings is 1. The van der Waals surface area contributed by atoms with Crippen LogP contribution in [0, 0.1) is 0 Å². The first-order valence-electron chi connectivity index (χ1n) is 11.5. The van der Waals surface area contributed by atoms with Crippen LogP contribution < -0.4 is 0 Å². The van der Waals surface area contributed by atoms with Crippen LogP contribution in [0.2, 0.25) is 10.0 Å². The van der Waals surface area contributed by atoms with Crippen LogP contribution in [-0.2, 0) is 9.53 Å². The van der Waals surface area contributed by atoms with Crippen LogP contribution in [0.25, 0.3) is 11.0 Å². The van der Waals surface area contributed by atoms with Crippen molar-refractivity contribution in [3.05, 3.63) is 81.2 Å². The summed E-state index contributed by atoms with van der Waals surface area (Å²) in [5.74, 6) is -1.65. The lowest BCUT2D eigenvalue weighted by molar-refractivity contribution is -0.129. The van der Waals surface area contributed by atoms with Gasteiger partial charge in [-0.3, -0.25) is 14.5 Å². The van der Waals surface area contributed by atoms with Crippen LogP contribution in [0.1, 0.15) is 28.6 Å². The summed E-state index contributed by atoms with van der Waals surface area (Å²) in [6.45, 7) is 4.17. The molecule has 1 atom stereocenters. The van der Waals surface area contributed by atoms with Crippen molar-refractivity contribution in [3.63, 3.8) is 0 Å². The fraction of sp³-hybridized carbons (Fsp3) is 0.308. The van der Waals surface area contributed by atoms with Crippen molar-refractivity contribution < 1.29 is 23.8 Å². The molecule has 35 heavy (non-hydrogen) atoms. The predicted molar refractivity (Wildman–Crippen MR) is 133 cm³/mol. The number of morpholine rings is 1. The van der Waals surface area contributed by atoms with E-state index in [1.807, 2.05) is 18.2 Å². The topological polar surface area (TPSA) is 83.2 Å². The third kappa shape index (κ3) is 4.69. The Hall–Kier alpha value is -2.84. The maximum Gasteiger partial charge on any atom is 0.290 e. The molecule has 7 nitrogen and oxygen atoms in total. The maximum atomic E-state index is 13.6. The molecule has 3 heterocycles. The number of ether oxygens (including phenoxy) is 1. The normalized spacial score (nSPS) is 19.2. The Morgan fingerprint density at radius 2 is 1.80 bits per heavy atom. The van der Waals surface area contributed by atoms with Crippen LogP contribution in [0.5, 0.6) is 0 Å². The molecule has 1 saturated heterocycles. The lowest BCUT2D eigenvalue weighted by atomic mass is 9.95. The van der Waals surface area contributed by atoms with Crippen molar-refractivity contribution in [3.8, 4) is 0 Å². The summed E-state index contributed by atoms with van der Waals surface area (Å²) in [5, 5.41) is 12.3. The lowest BCUT2D eigenvalue weighted by Gasteiger charge is -2.30. The van der Waals surface area contributed by atoms with Gasteiger partial charge in [0.2, 0.25) is 5.78 Å². The summed E-state index contributed by atoms with van der Waals surface area (Å²) in [5.41, 5.74) is 1.11. The molecule has 0 aliphatic carbocycles. The second kappa shape index (κ2) is 10.0. The van der Waals surface area contributed by atoms with Crippen LogP contribution in [0.3, 0.4) is 0 Å². The van der Waals surface area contributed by atoms with Gasteiger partial charge in [0.15, 0.2) is 11.5 Å². The van der Waals surface area contributed by atoms with E-state index in [4.69, 9.17) is 32.4 Å². The average molecular weight is 515 g/mol. The highest BCUT2D eigenvalue weighted by molar-refractivity contribution is 6.42. The van der Waals surface area contributed by atoms with Gasteiger partial charge in [-0.05, 0) is 36.2 Å². The monoisotopic (exact) mass is 514 g/mol. The van der Waals surface area contributed by atoms with Gasteiger partial charge in [-0.1, -0.05) is 47.5 Å². The third-order valence-corrected chi connectivity index (χ3v) is 7.17. The van der Waals surface area contributed by atoms with E-state index in [-0.39, 0.29) is 11.3 Å². The van der Waals surface area contributed by atoms with Gasteiger partial charge in [-0.2, -0.15) is 0 Å². The summed E-state index contributed by atoms with van der Waals surface area (Å²) in [6, 6.07) is 13.0. The summed E-state index contributed by atoms with van der Waals surface area (Å²) in [7, 11) is 0. The molecule has 0 bridgehead atoms. The number of amides is 1. The minimum atomic E-state index is -0.817. The number of hydrogen-bond donors (Lipinski definition) is 1. The van der Waals surface area contributed by atoms with E-state index in [1.54, 1.807) is 30.3 Å². The predicted octanol–water partition coefficient (Wildman–Crippen LogP) is 5.04.